The van der Waals surface area contributed by atoms with Gasteiger partial charge in [-0.05, 0) is 36.6 Å². The Morgan fingerprint density at radius 3 is 2.57 bits per heavy atom. The van der Waals surface area contributed by atoms with Crippen LogP contribution in [0.5, 0.6) is 0 Å². The standard InChI is InChI=1S/C18H24N4O/c1-4-6-13-22(3)17(23)16-11-12-19-18(21-16)20-15-9-7-14(5-2)8-10-15/h7-12H,4-6,13H2,1-3H3,(H,19,20,21). The summed E-state index contributed by atoms with van der Waals surface area (Å²) < 4.78 is 0. The Hall–Kier alpha value is -2.43. The lowest BCUT2D eigenvalue weighted by Gasteiger charge is -2.16. The second-order valence-corrected chi connectivity index (χ2v) is 5.52. The van der Waals surface area contributed by atoms with Gasteiger partial charge in [0.15, 0.2) is 0 Å². The van der Waals surface area contributed by atoms with Gasteiger partial charge in [-0.2, -0.15) is 0 Å². The maximum Gasteiger partial charge on any atom is 0.272 e. The normalized spacial score (nSPS) is 10.4. The molecule has 0 atom stereocenters. The van der Waals surface area contributed by atoms with Gasteiger partial charge in [0, 0.05) is 25.5 Å². The molecule has 2 rings (SSSR count). The Bertz CT molecular complexity index is 640. The zero-order valence-electron chi connectivity index (χ0n) is 14.0. The Morgan fingerprint density at radius 1 is 1.17 bits per heavy atom. The van der Waals surface area contributed by atoms with Crippen molar-refractivity contribution in [2.45, 2.75) is 33.1 Å². The van der Waals surface area contributed by atoms with Crippen LogP contribution in [-0.2, 0) is 6.42 Å². The maximum absolute atomic E-state index is 12.3. The quantitative estimate of drug-likeness (QED) is 0.847. The molecule has 2 aromatic rings. The summed E-state index contributed by atoms with van der Waals surface area (Å²) in [4.78, 5) is 22.6. The molecule has 0 unspecified atom stereocenters. The van der Waals surface area contributed by atoms with E-state index >= 15 is 0 Å². The molecule has 0 bridgehead atoms. The molecule has 0 saturated carbocycles. The van der Waals surface area contributed by atoms with Crippen molar-refractivity contribution in [2.75, 3.05) is 18.9 Å². The highest BCUT2D eigenvalue weighted by atomic mass is 16.2. The third kappa shape index (κ3) is 4.77. The van der Waals surface area contributed by atoms with Gasteiger partial charge in [-0.1, -0.05) is 32.4 Å². The van der Waals surface area contributed by atoms with Crippen molar-refractivity contribution < 1.29 is 4.79 Å². The molecule has 0 spiro atoms. The van der Waals surface area contributed by atoms with E-state index in [1.54, 1.807) is 24.2 Å². The topological polar surface area (TPSA) is 58.1 Å². The lowest BCUT2D eigenvalue weighted by Crippen LogP contribution is -2.28. The average molecular weight is 312 g/mol. The number of carbonyl (C=O) groups excluding carboxylic acids is 1. The molecule has 23 heavy (non-hydrogen) atoms. The van der Waals surface area contributed by atoms with Crippen LogP contribution < -0.4 is 5.32 Å². The summed E-state index contributed by atoms with van der Waals surface area (Å²) >= 11 is 0. The van der Waals surface area contributed by atoms with E-state index in [9.17, 15) is 4.79 Å². The molecule has 5 heteroatoms. The third-order valence-corrected chi connectivity index (χ3v) is 3.69. The van der Waals surface area contributed by atoms with Crippen LogP contribution in [0.1, 0.15) is 42.7 Å². The van der Waals surface area contributed by atoms with E-state index in [4.69, 9.17) is 0 Å². The summed E-state index contributed by atoms with van der Waals surface area (Å²) in [7, 11) is 1.80. The molecule has 0 radical (unpaired) electrons. The number of aromatic nitrogens is 2. The van der Waals surface area contributed by atoms with Crippen LogP contribution in [0, 0.1) is 0 Å². The molecule has 5 nitrogen and oxygen atoms in total. The number of aryl methyl sites for hydroxylation is 1. The van der Waals surface area contributed by atoms with Crippen LogP contribution in [0.4, 0.5) is 11.6 Å². The molecule has 122 valence electrons. The minimum absolute atomic E-state index is 0.0785. The lowest BCUT2D eigenvalue weighted by atomic mass is 10.1. The number of unbranched alkanes of at least 4 members (excludes halogenated alkanes) is 1. The van der Waals surface area contributed by atoms with Crippen LogP contribution in [0.3, 0.4) is 0 Å². The molecule has 0 aliphatic carbocycles. The van der Waals surface area contributed by atoms with Crippen LogP contribution in [0.2, 0.25) is 0 Å². The van der Waals surface area contributed by atoms with Gasteiger partial charge in [-0.3, -0.25) is 4.79 Å². The SMILES string of the molecule is CCCCN(C)C(=O)c1ccnc(Nc2ccc(CC)cc2)n1. The molecule has 0 fully saturated rings. The van der Waals surface area contributed by atoms with Crippen molar-refractivity contribution in [3.05, 3.63) is 47.8 Å². The summed E-state index contributed by atoms with van der Waals surface area (Å²) in [6.07, 6.45) is 4.66. The zero-order valence-corrected chi connectivity index (χ0v) is 14.0. The van der Waals surface area contributed by atoms with Gasteiger partial charge in [-0.25, -0.2) is 9.97 Å². The predicted octanol–water partition coefficient (Wildman–Crippen LogP) is 3.65. The first kappa shape index (κ1) is 16.9. The van der Waals surface area contributed by atoms with Crippen molar-refractivity contribution in [2.24, 2.45) is 0 Å². The van der Waals surface area contributed by atoms with Crippen molar-refractivity contribution >= 4 is 17.5 Å². The van der Waals surface area contributed by atoms with Crippen molar-refractivity contribution in [3.63, 3.8) is 0 Å². The van der Waals surface area contributed by atoms with Gasteiger partial charge in [0.1, 0.15) is 5.69 Å². The first-order valence-electron chi connectivity index (χ1n) is 8.08. The summed E-state index contributed by atoms with van der Waals surface area (Å²) in [6.45, 7) is 4.96. The van der Waals surface area contributed by atoms with Gasteiger partial charge >= 0.3 is 0 Å². The number of hydrogen-bond acceptors (Lipinski definition) is 4. The number of rotatable bonds is 7. The minimum Gasteiger partial charge on any atom is -0.340 e. The van der Waals surface area contributed by atoms with Crippen LogP contribution in [0.15, 0.2) is 36.5 Å². The first-order chi connectivity index (χ1) is 11.1. The zero-order chi connectivity index (χ0) is 16.7. The van der Waals surface area contributed by atoms with Gasteiger partial charge < -0.3 is 10.2 Å². The van der Waals surface area contributed by atoms with E-state index in [0.717, 1.165) is 31.5 Å². The van der Waals surface area contributed by atoms with Gasteiger partial charge in [0.2, 0.25) is 5.95 Å². The second kappa shape index (κ2) is 8.27. The molecule has 1 aromatic carbocycles. The fraction of sp³-hybridized carbons (Fsp3) is 0.389. The monoisotopic (exact) mass is 312 g/mol. The van der Waals surface area contributed by atoms with Crippen LogP contribution in [0.25, 0.3) is 0 Å². The van der Waals surface area contributed by atoms with Crippen molar-refractivity contribution in [3.8, 4) is 0 Å². The summed E-state index contributed by atoms with van der Waals surface area (Å²) in [5.41, 5.74) is 2.59. The smallest absolute Gasteiger partial charge is 0.272 e. The molecule has 1 aromatic heterocycles. The number of nitrogens with zero attached hydrogens (tertiary/aromatic N) is 3. The van der Waals surface area contributed by atoms with Crippen LogP contribution in [-0.4, -0.2) is 34.4 Å². The first-order valence-corrected chi connectivity index (χ1v) is 8.08. The Balaban J connectivity index is 2.08. The van der Waals surface area contributed by atoms with E-state index in [1.807, 2.05) is 12.1 Å². The fourth-order valence-corrected chi connectivity index (χ4v) is 2.18. The van der Waals surface area contributed by atoms with Gasteiger partial charge in [0.05, 0.1) is 0 Å². The van der Waals surface area contributed by atoms with E-state index in [-0.39, 0.29) is 5.91 Å². The molecule has 0 aliphatic heterocycles. The fourth-order valence-electron chi connectivity index (χ4n) is 2.18. The highest BCUT2D eigenvalue weighted by Gasteiger charge is 2.13. The van der Waals surface area contributed by atoms with Gasteiger partial charge in [0.25, 0.3) is 5.91 Å². The second-order valence-electron chi connectivity index (χ2n) is 5.52. The molecular weight excluding hydrogens is 288 g/mol. The summed E-state index contributed by atoms with van der Waals surface area (Å²) in [5, 5.41) is 3.14. The molecule has 0 saturated heterocycles. The largest absolute Gasteiger partial charge is 0.340 e. The lowest BCUT2D eigenvalue weighted by molar-refractivity contribution is 0.0787. The average Bonchev–Trinajstić information content (AvgIpc) is 2.60. The van der Waals surface area contributed by atoms with Crippen molar-refractivity contribution in [1.29, 1.82) is 0 Å². The Morgan fingerprint density at radius 2 is 1.91 bits per heavy atom. The third-order valence-electron chi connectivity index (χ3n) is 3.69. The number of carbonyl (C=O) groups is 1. The number of nitrogens with one attached hydrogen (secondary N) is 1. The van der Waals surface area contributed by atoms with E-state index in [0.29, 0.717) is 11.6 Å². The molecule has 1 heterocycles. The number of anilines is 2. The highest BCUT2D eigenvalue weighted by molar-refractivity contribution is 5.92. The van der Waals surface area contributed by atoms with E-state index in [2.05, 4.69) is 41.3 Å². The van der Waals surface area contributed by atoms with E-state index in [1.165, 1.54) is 5.56 Å². The Labute approximate surface area is 137 Å². The molecular formula is C18H24N4O. The highest BCUT2D eigenvalue weighted by Crippen LogP contribution is 2.14. The number of amides is 1. The van der Waals surface area contributed by atoms with Gasteiger partial charge in [-0.15, -0.1) is 0 Å². The molecule has 0 aliphatic rings. The predicted molar refractivity (Wildman–Crippen MR) is 93.0 cm³/mol. The molecule has 1 N–H and O–H groups in total. The van der Waals surface area contributed by atoms with Crippen molar-refractivity contribution in [1.82, 2.24) is 14.9 Å². The minimum atomic E-state index is -0.0785. The van der Waals surface area contributed by atoms with Crippen LogP contribution >= 0.6 is 0 Å². The maximum atomic E-state index is 12.3. The number of benzene rings is 1. The molecule has 1 amide bonds. The van der Waals surface area contributed by atoms with E-state index < -0.39 is 0 Å². The summed E-state index contributed by atoms with van der Waals surface area (Å²) in [5.74, 6) is 0.356. The number of hydrogen-bond donors (Lipinski definition) is 1. The Kier molecular flexibility index (Phi) is 6.09. The summed E-state index contributed by atoms with van der Waals surface area (Å²) in [6, 6.07) is 9.76.